The van der Waals surface area contributed by atoms with Crippen molar-refractivity contribution in [3.63, 3.8) is 0 Å². The van der Waals surface area contributed by atoms with Crippen LogP contribution in [-0.2, 0) is 0 Å². The molecule has 0 saturated heterocycles. The van der Waals surface area contributed by atoms with E-state index in [-0.39, 0.29) is 11.4 Å². The van der Waals surface area contributed by atoms with Crippen molar-refractivity contribution in [1.82, 2.24) is 25.5 Å². The number of nitro groups is 1. The van der Waals surface area contributed by atoms with E-state index in [9.17, 15) is 14.5 Å². The molecule has 1 aromatic heterocycles. The lowest BCUT2D eigenvalue weighted by Gasteiger charge is -2.20. The Kier molecular flexibility index (Phi) is 5.51. The van der Waals surface area contributed by atoms with Gasteiger partial charge in [0.1, 0.15) is 11.5 Å². The second-order valence-corrected chi connectivity index (χ2v) is 6.48. The monoisotopic (exact) mass is 370 g/mol. The van der Waals surface area contributed by atoms with Gasteiger partial charge >= 0.3 is 0 Å². The van der Waals surface area contributed by atoms with Crippen LogP contribution in [0, 0.1) is 21.8 Å². The summed E-state index contributed by atoms with van der Waals surface area (Å²) in [5.74, 6) is 0.301. The Hall–Kier alpha value is -3.20. The van der Waals surface area contributed by atoms with E-state index in [1.807, 2.05) is 0 Å². The third-order valence-electron chi connectivity index (χ3n) is 4.00. The molecule has 8 nitrogen and oxygen atoms in total. The van der Waals surface area contributed by atoms with Gasteiger partial charge in [0.2, 0.25) is 0 Å². The molecule has 0 radical (unpaired) electrons. The van der Waals surface area contributed by atoms with Crippen LogP contribution in [0.5, 0.6) is 0 Å². The number of rotatable bonds is 7. The molecule has 0 aliphatic carbocycles. The lowest BCUT2D eigenvalue weighted by molar-refractivity contribution is -0.384. The molecule has 1 heterocycles. The molecule has 0 aliphatic heterocycles. The summed E-state index contributed by atoms with van der Waals surface area (Å²) >= 11 is 0. The van der Waals surface area contributed by atoms with Gasteiger partial charge in [-0.15, -0.1) is 5.10 Å². The van der Waals surface area contributed by atoms with Crippen LogP contribution in [-0.4, -0.2) is 31.7 Å². The Morgan fingerprint density at radius 1 is 1.19 bits per heavy atom. The molecule has 9 heteroatoms. The molecule has 0 bridgehead atoms. The zero-order valence-corrected chi connectivity index (χ0v) is 14.9. The average Bonchev–Trinajstić information content (AvgIpc) is 3.11. The Balaban J connectivity index is 2.03. The highest BCUT2D eigenvalue weighted by molar-refractivity contribution is 5.38. The minimum absolute atomic E-state index is 0.00458. The minimum atomic E-state index is -0.456. The maximum absolute atomic E-state index is 14.2. The van der Waals surface area contributed by atoms with E-state index in [2.05, 4.69) is 34.7 Å². The summed E-state index contributed by atoms with van der Waals surface area (Å²) in [6, 6.07) is 11.9. The number of tetrazole rings is 1. The van der Waals surface area contributed by atoms with Gasteiger partial charge in [0.25, 0.3) is 5.69 Å². The summed E-state index contributed by atoms with van der Waals surface area (Å²) in [6.07, 6.45) is 0. The molecule has 1 unspecified atom stereocenters. The molecular weight excluding hydrogens is 351 g/mol. The maximum Gasteiger partial charge on any atom is 0.269 e. The number of hydrogen-bond donors (Lipinski definition) is 1. The van der Waals surface area contributed by atoms with Crippen molar-refractivity contribution < 1.29 is 9.31 Å². The fourth-order valence-electron chi connectivity index (χ4n) is 2.67. The second kappa shape index (κ2) is 8.00. The van der Waals surface area contributed by atoms with E-state index >= 15 is 0 Å². The first kappa shape index (κ1) is 18.6. The van der Waals surface area contributed by atoms with Gasteiger partial charge in [0.05, 0.1) is 11.0 Å². The molecule has 0 fully saturated rings. The molecule has 3 rings (SSSR count). The highest BCUT2D eigenvalue weighted by Gasteiger charge is 2.24. The van der Waals surface area contributed by atoms with Crippen LogP contribution >= 0.6 is 0 Å². The van der Waals surface area contributed by atoms with E-state index in [1.165, 1.54) is 22.9 Å². The summed E-state index contributed by atoms with van der Waals surface area (Å²) in [7, 11) is 0. The van der Waals surface area contributed by atoms with Gasteiger partial charge in [0.15, 0.2) is 5.82 Å². The van der Waals surface area contributed by atoms with Crippen molar-refractivity contribution in [3.8, 4) is 5.69 Å². The molecule has 1 atom stereocenters. The van der Waals surface area contributed by atoms with E-state index in [0.29, 0.717) is 18.3 Å². The quantitative estimate of drug-likeness (QED) is 0.507. The topological polar surface area (TPSA) is 98.8 Å². The Labute approximate surface area is 155 Å². The number of nitrogens with zero attached hydrogens (tertiary/aromatic N) is 5. The highest BCUT2D eigenvalue weighted by atomic mass is 19.1. The van der Waals surface area contributed by atoms with Crippen LogP contribution in [0.25, 0.3) is 5.69 Å². The van der Waals surface area contributed by atoms with E-state index < -0.39 is 16.8 Å². The first-order valence-corrected chi connectivity index (χ1v) is 8.48. The number of hydrogen-bond acceptors (Lipinski definition) is 6. The normalized spacial score (nSPS) is 12.3. The van der Waals surface area contributed by atoms with Gasteiger partial charge in [-0.25, -0.2) is 4.39 Å². The number of nitro benzene ring substituents is 1. The number of para-hydroxylation sites is 1. The molecule has 3 aromatic rings. The van der Waals surface area contributed by atoms with Gasteiger partial charge < -0.3 is 5.32 Å². The average molecular weight is 370 g/mol. The SMILES string of the molecule is CC(C)CNC(c1ccc([N+](=O)[O-])cc1)c1nnnn1-c1ccccc1F. The molecule has 0 saturated carbocycles. The zero-order valence-electron chi connectivity index (χ0n) is 14.9. The predicted molar refractivity (Wildman–Crippen MR) is 96.9 cm³/mol. The van der Waals surface area contributed by atoms with Gasteiger partial charge in [-0.1, -0.05) is 38.1 Å². The van der Waals surface area contributed by atoms with Crippen molar-refractivity contribution in [2.24, 2.45) is 5.92 Å². The molecule has 1 N–H and O–H groups in total. The number of benzene rings is 2. The number of nitrogens with one attached hydrogen (secondary N) is 1. The lowest BCUT2D eigenvalue weighted by Crippen LogP contribution is -2.29. The van der Waals surface area contributed by atoms with Crippen molar-refractivity contribution in [2.45, 2.75) is 19.9 Å². The Bertz CT molecular complexity index is 926. The first-order valence-electron chi connectivity index (χ1n) is 8.48. The third kappa shape index (κ3) is 4.14. The molecule has 0 amide bonds. The van der Waals surface area contributed by atoms with Crippen molar-refractivity contribution in [3.05, 3.63) is 75.9 Å². The maximum atomic E-state index is 14.2. The summed E-state index contributed by atoms with van der Waals surface area (Å²) in [4.78, 5) is 10.5. The zero-order chi connectivity index (χ0) is 19.4. The van der Waals surface area contributed by atoms with Gasteiger partial charge in [0, 0.05) is 12.1 Å². The van der Waals surface area contributed by atoms with E-state index in [0.717, 1.165) is 5.56 Å². The number of aromatic nitrogens is 4. The Morgan fingerprint density at radius 3 is 2.52 bits per heavy atom. The van der Waals surface area contributed by atoms with Gasteiger partial charge in [-0.05, 0) is 40.6 Å². The van der Waals surface area contributed by atoms with Crippen molar-refractivity contribution >= 4 is 5.69 Å². The van der Waals surface area contributed by atoms with Gasteiger partial charge in [-0.2, -0.15) is 4.68 Å². The lowest BCUT2D eigenvalue weighted by atomic mass is 10.0. The smallest absolute Gasteiger partial charge is 0.269 e. The van der Waals surface area contributed by atoms with Crippen LogP contribution < -0.4 is 5.32 Å². The highest BCUT2D eigenvalue weighted by Crippen LogP contribution is 2.25. The largest absolute Gasteiger partial charge is 0.303 e. The summed E-state index contributed by atoms with van der Waals surface area (Å²) in [6.45, 7) is 4.77. The summed E-state index contributed by atoms with van der Waals surface area (Å²) < 4.78 is 15.6. The Morgan fingerprint density at radius 2 is 1.89 bits per heavy atom. The summed E-state index contributed by atoms with van der Waals surface area (Å²) in [5, 5.41) is 26.0. The minimum Gasteiger partial charge on any atom is -0.303 e. The van der Waals surface area contributed by atoms with Crippen LogP contribution in [0.4, 0.5) is 10.1 Å². The van der Waals surface area contributed by atoms with E-state index in [4.69, 9.17) is 0 Å². The van der Waals surface area contributed by atoms with Crippen LogP contribution in [0.15, 0.2) is 48.5 Å². The van der Waals surface area contributed by atoms with Crippen LogP contribution in [0.3, 0.4) is 0 Å². The first-order chi connectivity index (χ1) is 13.0. The fraction of sp³-hybridized carbons (Fsp3) is 0.278. The second-order valence-electron chi connectivity index (χ2n) is 6.48. The molecule has 140 valence electrons. The predicted octanol–water partition coefficient (Wildman–Crippen LogP) is 3.04. The van der Waals surface area contributed by atoms with E-state index in [1.54, 1.807) is 30.3 Å². The van der Waals surface area contributed by atoms with Crippen molar-refractivity contribution in [1.29, 1.82) is 0 Å². The molecule has 0 aliphatic rings. The molecule has 2 aromatic carbocycles. The van der Waals surface area contributed by atoms with Crippen LogP contribution in [0.2, 0.25) is 0 Å². The fourth-order valence-corrected chi connectivity index (χ4v) is 2.67. The number of non-ortho nitro benzene ring substituents is 1. The van der Waals surface area contributed by atoms with Gasteiger partial charge in [-0.3, -0.25) is 10.1 Å². The molecular formula is C18H19FN6O2. The summed E-state index contributed by atoms with van der Waals surface area (Å²) in [5.41, 5.74) is 0.972. The number of halogens is 1. The molecule has 0 spiro atoms. The standard InChI is InChI=1S/C18H19FN6O2/c1-12(2)11-20-17(13-7-9-14(10-8-13)25(26)27)18-21-22-23-24(18)16-6-4-3-5-15(16)19/h3-10,12,17,20H,11H2,1-2H3. The van der Waals surface area contributed by atoms with Crippen molar-refractivity contribution in [2.75, 3.05) is 6.54 Å². The third-order valence-corrected chi connectivity index (χ3v) is 4.00. The molecule has 27 heavy (non-hydrogen) atoms. The van der Waals surface area contributed by atoms with Crippen LogP contribution in [0.1, 0.15) is 31.3 Å².